The molecule has 2 heterocycles. The average Bonchev–Trinajstić information content (AvgIpc) is 2.82. The smallest absolute Gasteiger partial charge is 0.226 e. The zero-order valence-electron chi connectivity index (χ0n) is 11.2. The monoisotopic (exact) mass is 250 g/mol. The quantitative estimate of drug-likeness (QED) is 0.831. The van der Waals surface area contributed by atoms with Crippen molar-refractivity contribution in [2.45, 2.75) is 32.7 Å². The summed E-state index contributed by atoms with van der Waals surface area (Å²) in [5, 5.41) is 6.35. The number of hydrogen-bond acceptors (Lipinski definition) is 3. The zero-order valence-corrected chi connectivity index (χ0v) is 11.2. The molecular weight excluding hydrogens is 228 g/mol. The fraction of sp³-hybridized carbons (Fsp3) is 0.692. The van der Waals surface area contributed by atoms with Gasteiger partial charge in [0.1, 0.15) is 5.82 Å². The second-order valence-electron chi connectivity index (χ2n) is 5.02. The SMILES string of the molecule is CCC1(C(=O)NCc2nccn2C)CCNCC1. The highest BCUT2D eigenvalue weighted by Crippen LogP contribution is 2.32. The van der Waals surface area contributed by atoms with Crippen molar-refractivity contribution in [2.24, 2.45) is 12.5 Å². The van der Waals surface area contributed by atoms with E-state index in [1.54, 1.807) is 6.20 Å². The Labute approximate surface area is 108 Å². The molecule has 18 heavy (non-hydrogen) atoms. The maximum atomic E-state index is 12.4. The molecule has 0 aromatic carbocycles. The molecule has 0 spiro atoms. The van der Waals surface area contributed by atoms with Gasteiger partial charge < -0.3 is 15.2 Å². The highest BCUT2D eigenvalue weighted by molar-refractivity contribution is 5.82. The predicted molar refractivity (Wildman–Crippen MR) is 69.9 cm³/mol. The first-order chi connectivity index (χ1) is 8.68. The number of aryl methyl sites for hydroxylation is 1. The van der Waals surface area contributed by atoms with Gasteiger partial charge in [-0.2, -0.15) is 0 Å². The molecule has 0 aliphatic carbocycles. The minimum Gasteiger partial charge on any atom is -0.348 e. The van der Waals surface area contributed by atoms with Crippen LogP contribution in [0.3, 0.4) is 0 Å². The van der Waals surface area contributed by atoms with Gasteiger partial charge in [-0.1, -0.05) is 6.92 Å². The molecule has 5 heteroatoms. The van der Waals surface area contributed by atoms with Crippen molar-refractivity contribution in [3.05, 3.63) is 18.2 Å². The molecular formula is C13H22N4O. The molecule has 5 nitrogen and oxygen atoms in total. The van der Waals surface area contributed by atoms with Crippen molar-refractivity contribution < 1.29 is 4.79 Å². The molecule has 1 fully saturated rings. The van der Waals surface area contributed by atoms with Gasteiger partial charge in [0.25, 0.3) is 0 Å². The summed E-state index contributed by atoms with van der Waals surface area (Å²) in [5.41, 5.74) is -0.184. The Morgan fingerprint density at radius 1 is 1.56 bits per heavy atom. The van der Waals surface area contributed by atoms with Gasteiger partial charge in [-0.05, 0) is 32.4 Å². The Hall–Kier alpha value is -1.36. The lowest BCUT2D eigenvalue weighted by atomic mass is 9.76. The molecule has 1 saturated heterocycles. The normalized spacial score (nSPS) is 18.6. The number of hydrogen-bond donors (Lipinski definition) is 2. The average molecular weight is 250 g/mol. The number of aromatic nitrogens is 2. The molecule has 2 N–H and O–H groups in total. The van der Waals surface area contributed by atoms with Gasteiger partial charge in [0, 0.05) is 19.4 Å². The summed E-state index contributed by atoms with van der Waals surface area (Å²) >= 11 is 0. The van der Waals surface area contributed by atoms with Crippen LogP contribution in [0.25, 0.3) is 0 Å². The van der Waals surface area contributed by atoms with Gasteiger partial charge >= 0.3 is 0 Å². The van der Waals surface area contributed by atoms with Gasteiger partial charge in [-0.3, -0.25) is 4.79 Å². The second kappa shape index (κ2) is 5.52. The van der Waals surface area contributed by atoms with E-state index in [0.29, 0.717) is 6.54 Å². The number of carbonyl (C=O) groups is 1. The van der Waals surface area contributed by atoms with Crippen LogP contribution in [-0.4, -0.2) is 28.5 Å². The van der Waals surface area contributed by atoms with Crippen molar-refractivity contribution in [1.82, 2.24) is 20.2 Å². The standard InChI is InChI=1S/C13H22N4O/c1-3-13(4-6-14-7-5-13)12(18)16-10-11-15-8-9-17(11)2/h8-9,14H,3-7,10H2,1-2H3,(H,16,18). The maximum absolute atomic E-state index is 12.4. The summed E-state index contributed by atoms with van der Waals surface area (Å²) < 4.78 is 1.93. The molecule has 1 aromatic rings. The lowest BCUT2D eigenvalue weighted by Gasteiger charge is -2.35. The van der Waals surface area contributed by atoms with E-state index in [0.717, 1.165) is 38.2 Å². The van der Waals surface area contributed by atoms with Crippen LogP contribution in [0.5, 0.6) is 0 Å². The maximum Gasteiger partial charge on any atom is 0.226 e. The minimum atomic E-state index is -0.184. The number of carbonyl (C=O) groups excluding carboxylic acids is 1. The van der Waals surface area contributed by atoms with Gasteiger partial charge in [-0.15, -0.1) is 0 Å². The molecule has 0 saturated carbocycles. The van der Waals surface area contributed by atoms with Gasteiger partial charge in [0.05, 0.1) is 12.0 Å². The summed E-state index contributed by atoms with van der Waals surface area (Å²) in [7, 11) is 1.94. The first-order valence-corrected chi connectivity index (χ1v) is 6.63. The zero-order chi connectivity index (χ0) is 13.0. The first-order valence-electron chi connectivity index (χ1n) is 6.63. The van der Waals surface area contributed by atoms with Crippen molar-refractivity contribution in [3.63, 3.8) is 0 Å². The molecule has 1 aromatic heterocycles. The Morgan fingerprint density at radius 2 is 2.28 bits per heavy atom. The van der Waals surface area contributed by atoms with E-state index in [2.05, 4.69) is 22.5 Å². The number of nitrogens with one attached hydrogen (secondary N) is 2. The first kappa shape index (κ1) is 13.1. The van der Waals surface area contributed by atoms with Crippen LogP contribution < -0.4 is 10.6 Å². The molecule has 1 amide bonds. The third-order valence-electron chi connectivity index (χ3n) is 4.05. The van der Waals surface area contributed by atoms with Crippen LogP contribution in [0.4, 0.5) is 0 Å². The topological polar surface area (TPSA) is 59.0 Å². The van der Waals surface area contributed by atoms with Crippen LogP contribution in [0.1, 0.15) is 32.0 Å². The Kier molecular flexibility index (Phi) is 4.01. The lowest BCUT2D eigenvalue weighted by Crippen LogP contribution is -2.47. The molecule has 2 rings (SSSR count). The van der Waals surface area contributed by atoms with Crippen molar-refractivity contribution >= 4 is 5.91 Å². The van der Waals surface area contributed by atoms with Crippen LogP contribution in [0.15, 0.2) is 12.4 Å². The molecule has 100 valence electrons. The summed E-state index contributed by atoms with van der Waals surface area (Å²) in [4.78, 5) is 16.6. The van der Waals surface area contributed by atoms with E-state index >= 15 is 0 Å². The molecule has 1 aliphatic rings. The molecule has 0 bridgehead atoms. The van der Waals surface area contributed by atoms with Gasteiger partial charge in [0.15, 0.2) is 0 Å². The summed E-state index contributed by atoms with van der Waals surface area (Å²) in [6, 6.07) is 0. The van der Waals surface area contributed by atoms with Gasteiger partial charge in [0.2, 0.25) is 5.91 Å². The Morgan fingerprint density at radius 3 is 2.83 bits per heavy atom. The third kappa shape index (κ3) is 2.56. The van der Waals surface area contributed by atoms with E-state index < -0.39 is 0 Å². The predicted octanol–water partition coefficient (Wildman–Crippen LogP) is 0.816. The van der Waals surface area contributed by atoms with Crippen LogP contribution in [0.2, 0.25) is 0 Å². The largest absolute Gasteiger partial charge is 0.348 e. The van der Waals surface area contributed by atoms with E-state index in [-0.39, 0.29) is 11.3 Å². The van der Waals surface area contributed by atoms with Gasteiger partial charge in [-0.25, -0.2) is 4.98 Å². The number of rotatable bonds is 4. The molecule has 0 unspecified atom stereocenters. The van der Waals surface area contributed by atoms with E-state index in [1.807, 2.05) is 17.8 Å². The highest BCUT2D eigenvalue weighted by Gasteiger charge is 2.37. The van der Waals surface area contributed by atoms with E-state index in [9.17, 15) is 4.79 Å². The number of imidazole rings is 1. The highest BCUT2D eigenvalue weighted by atomic mass is 16.2. The molecule has 1 aliphatic heterocycles. The second-order valence-corrected chi connectivity index (χ2v) is 5.02. The lowest BCUT2D eigenvalue weighted by molar-refractivity contribution is -0.133. The van der Waals surface area contributed by atoms with Crippen molar-refractivity contribution in [1.29, 1.82) is 0 Å². The van der Waals surface area contributed by atoms with Crippen LogP contribution in [0, 0.1) is 5.41 Å². The van der Waals surface area contributed by atoms with E-state index in [1.165, 1.54) is 0 Å². The summed E-state index contributed by atoms with van der Waals surface area (Å²) in [6.07, 6.45) is 6.40. The minimum absolute atomic E-state index is 0.175. The Bertz CT molecular complexity index is 407. The fourth-order valence-corrected chi connectivity index (χ4v) is 2.56. The number of piperidine rings is 1. The Balaban J connectivity index is 1.96. The van der Waals surface area contributed by atoms with E-state index in [4.69, 9.17) is 0 Å². The van der Waals surface area contributed by atoms with Crippen molar-refractivity contribution in [3.8, 4) is 0 Å². The number of nitrogens with zero attached hydrogens (tertiary/aromatic N) is 2. The third-order valence-corrected chi connectivity index (χ3v) is 4.05. The number of amides is 1. The summed E-state index contributed by atoms with van der Waals surface area (Å²) in [5.74, 6) is 1.07. The fourth-order valence-electron chi connectivity index (χ4n) is 2.56. The molecule has 0 atom stereocenters. The molecule has 0 radical (unpaired) electrons. The summed E-state index contributed by atoms with van der Waals surface area (Å²) in [6.45, 7) is 4.48. The van der Waals surface area contributed by atoms with Crippen LogP contribution >= 0.6 is 0 Å². The van der Waals surface area contributed by atoms with Crippen LogP contribution in [-0.2, 0) is 18.4 Å². The van der Waals surface area contributed by atoms with Crippen molar-refractivity contribution in [2.75, 3.05) is 13.1 Å².